The number of ether oxygens (including phenoxy) is 1. The maximum absolute atomic E-state index is 12.5. The van der Waals surface area contributed by atoms with Crippen LogP contribution in [0.2, 0.25) is 0 Å². The van der Waals surface area contributed by atoms with Gasteiger partial charge in [-0.2, -0.15) is 0 Å². The van der Waals surface area contributed by atoms with Crippen molar-refractivity contribution < 1.29 is 13.2 Å². The van der Waals surface area contributed by atoms with Crippen LogP contribution in [0.15, 0.2) is 23.1 Å². The first-order valence-corrected chi connectivity index (χ1v) is 8.62. The highest BCUT2D eigenvalue weighted by molar-refractivity contribution is 7.89. The number of nitrogens with two attached hydrogens (primary N) is 1. The van der Waals surface area contributed by atoms with E-state index >= 15 is 0 Å². The third-order valence-corrected chi connectivity index (χ3v) is 5.43. The van der Waals surface area contributed by atoms with Gasteiger partial charge in [0.1, 0.15) is 5.75 Å². The molecule has 120 valence electrons. The highest BCUT2D eigenvalue weighted by Gasteiger charge is 2.32. The fraction of sp³-hybridized carbons (Fsp3) is 0.600. The SMILES string of the molecule is CCOc1ccc(S(=O)(=O)NC(C)(CN)C(C)C)cc1C. The van der Waals surface area contributed by atoms with Gasteiger partial charge in [0.25, 0.3) is 0 Å². The van der Waals surface area contributed by atoms with Crippen LogP contribution in [0.3, 0.4) is 0 Å². The van der Waals surface area contributed by atoms with E-state index in [1.165, 1.54) is 0 Å². The maximum Gasteiger partial charge on any atom is 0.241 e. The lowest BCUT2D eigenvalue weighted by atomic mass is 9.90. The second-order valence-electron chi connectivity index (χ2n) is 5.74. The van der Waals surface area contributed by atoms with Gasteiger partial charge in [-0.15, -0.1) is 0 Å². The minimum Gasteiger partial charge on any atom is -0.494 e. The number of aryl methyl sites for hydroxylation is 1. The molecule has 0 radical (unpaired) electrons. The van der Waals surface area contributed by atoms with E-state index in [0.29, 0.717) is 12.4 Å². The van der Waals surface area contributed by atoms with Gasteiger partial charge < -0.3 is 10.5 Å². The van der Waals surface area contributed by atoms with Crippen molar-refractivity contribution >= 4 is 10.0 Å². The molecule has 21 heavy (non-hydrogen) atoms. The summed E-state index contributed by atoms with van der Waals surface area (Å²) in [5, 5.41) is 0. The Morgan fingerprint density at radius 2 is 2.00 bits per heavy atom. The lowest BCUT2D eigenvalue weighted by molar-refractivity contribution is 0.315. The van der Waals surface area contributed by atoms with E-state index in [2.05, 4.69) is 4.72 Å². The Labute approximate surface area is 127 Å². The van der Waals surface area contributed by atoms with Crippen molar-refractivity contribution in [3.05, 3.63) is 23.8 Å². The molecule has 0 aliphatic rings. The van der Waals surface area contributed by atoms with E-state index in [-0.39, 0.29) is 17.4 Å². The Kier molecular flexibility index (Phi) is 5.78. The molecule has 0 aliphatic carbocycles. The van der Waals surface area contributed by atoms with Crippen LogP contribution in [0, 0.1) is 12.8 Å². The fourth-order valence-electron chi connectivity index (χ4n) is 1.87. The van der Waals surface area contributed by atoms with Crippen molar-refractivity contribution in [2.75, 3.05) is 13.2 Å². The van der Waals surface area contributed by atoms with E-state index in [0.717, 1.165) is 5.56 Å². The average Bonchev–Trinajstić information content (AvgIpc) is 2.40. The zero-order valence-electron chi connectivity index (χ0n) is 13.4. The molecule has 0 saturated carbocycles. The van der Waals surface area contributed by atoms with Gasteiger partial charge in [-0.3, -0.25) is 0 Å². The van der Waals surface area contributed by atoms with Crippen molar-refractivity contribution in [3.8, 4) is 5.75 Å². The summed E-state index contributed by atoms with van der Waals surface area (Å²) in [7, 11) is -3.61. The smallest absolute Gasteiger partial charge is 0.241 e. The van der Waals surface area contributed by atoms with Crippen molar-refractivity contribution in [2.45, 2.75) is 45.1 Å². The van der Waals surface area contributed by atoms with Crippen LogP contribution in [0.25, 0.3) is 0 Å². The van der Waals surface area contributed by atoms with E-state index in [1.54, 1.807) is 18.2 Å². The molecule has 0 heterocycles. The predicted molar refractivity (Wildman–Crippen MR) is 85.0 cm³/mol. The first-order valence-electron chi connectivity index (χ1n) is 7.13. The van der Waals surface area contributed by atoms with Gasteiger partial charge in [0, 0.05) is 12.1 Å². The summed E-state index contributed by atoms with van der Waals surface area (Å²) in [6.07, 6.45) is 0. The topological polar surface area (TPSA) is 81.4 Å². The second kappa shape index (κ2) is 6.77. The molecule has 3 N–H and O–H groups in total. The number of hydrogen-bond acceptors (Lipinski definition) is 4. The minimum atomic E-state index is -3.61. The zero-order valence-corrected chi connectivity index (χ0v) is 14.3. The standard InChI is InChI=1S/C15H26N2O3S/c1-6-20-14-8-7-13(9-12(14)4)21(18,19)17-15(5,10-16)11(2)3/h7-9,11,17H,6,10,16H2,1-5H3. The van der Waals surface area contributed by atoms with E-state index < -0.39 is 15.6 Å². The quantitative estimate of drug-likeness (QED) is 0.807. The molecular weight excluding hydrogens is 288 g/mol. The first kappa shape index (κ1) is 17.9. The van der Waals surface area contributed by atoms with E-state index in [9.17, 15) is 8.42 Å². The maximum atomic E-state index is 12.5. The molecular formula is C15H26N2O3S. The second-order valence-corrected chi connectivity index (χ2v) is 7.42. The van der Waals surface area contributed by atoms with Crippen molar-refractivity contribution in [2.24, 2.45) is 11.7 Å². The van der Waals surface area contributed by atoms with Gasteiger partial charge in [-0.1, -0.05) is 13.8 Å². The molecule has 6 heteroatoms. The van der Waals surface area contributed by atoms with E-state index in [1.807, 2.05) is 34.6 Å². The van der Waals surface area contributed by atoms with Gasteiger partial charge in [-0.25, -0.2) is 13.1 Å². The number of benzene rings is 1. The molecule has 5 nitrogen and oxygen atoms in total. The number of sulfonamides is 1. The van der Waals surface area contributed by atoms with Crippen molar-refractivity contribution in [1.82, 2.24) is 4.72 Å². The Bertz CT molecular complexity index is 585. The molecule has 1 aromatic rings. The van der Waals surface area contributed by atoms with Crippen LogP contribution < -0.4 is 15.2 Å². The minimum absolute atomic E-state index is 0.0843. The zero-order chi connectivity index (χ0) is 16.3. The normalized spacial score (nSPS) is 15.0. The van der Waals surface area contributed by atoms with Gasteiger partial charge in [-0.05, 0) is 50.5 Å². The summed E-state index contributed by atoms with van der Waals surface area (Å²) in [4.78, 5) is 0.226. The van der Waals surface area contributed by atoms with Crippen LogP contribution in [-0.4, -0.2) is 27.1 Å². The Morgan fingerprint density at radius 1 is 1.38 bits per heavy atom. The molecule has 0 bridgehead atoms. The molecule has 0 fully saturated rings. The van der Waals surface area contributed by atoms with Crippen molar-refractivity contribution in [1.29, 1.82) is 0 Å². The number of hydrogen-bond donors (Lipinski definition) is 2. The molecule has 0 aliphatic heterocycles. The third kappa shape index (κ3) is 4.18. The Hall–Kier alpha value is -1.11. The summed E-state index contributed by atoms with van der Waals surface area (Å²) in [6.45, 7) is 10.2. The largest absolute Gasteiger partial charge is 0.494 e. The first-order chi connectivity index (χ1) is 9.66. The molecule has 0 aromatic heterocycles. The average molecular weight is 314 g/mol. The van der Waals surface area contributed by atoms with E-state index in [4.69, 9.17) is 10.5 Å². The molecule has 1 atom stereocenters. The predicted octanol–water partition coefficient (Wildman–Crippen LogP) is 2.05. The van der Waals surface area contributed by atoms with Gasteiger partial charge >= 0.3 is 0 Å². The van der Waals surface area contributed by atoms with Crippen LogP contribution in [-0.2, 0) is 10.0 Å². The highest BCUT2D eigenvalue weighted by atomic mass is 32.2. The molecule has 1 unspecified atom stereocenters. The Morgan fingerprint density at radius 3 is 2.43 bits per heavy atom. The van der Waals surface area contributed by atoms with Crippen molar-refractivity contribution in [3.63, 3.8) is 0 Å². The molecule has 0 spiro atoms. The highest BCUT2D eigenvalue weighted by Crippen LogP contribution is 2.24. The van der Waals surface area contributed by atoms with Crippen LogP contribution in [0.1, 0.15) is 33.3 Å². The van der Waals surface area contributed by atoms with Crippen LogP contribution in [0.4, 0.5) is 0 Å². The lowest BCUT2D eigenvalue weighted by Crippen LogP contribution is -2.54. The lowest BCUT2D eigenvalue weighted by Gasteiger charge is -2.33. The third-order valence-electron chi connectivity index (χ3n) is 3.82. The summed E-state index contributed by atoms with van der Waals surface area (Å²) in [5.41, 5.74) is 5.86. The van der Waals surface area contributed by atoms with Crippen LogP contribution >= 0.6 is 0 Å². The van der Waals surface area contributed by atoms with Gasteiger partial charge in [0.05, 0.1) is 11.5 Å². The molecule has 1 rings (SSSR count). The Balaban J connectivity index is 3.11. The monoisotopic (exact) mass is 314 g/mol. The van der Waals surface area contributed by atoms with Crippen LogP contribution in [0.5, 0.6) is 5.75 Å². The molecule has 0 saturated heterocycles. The number of rotatable bonds is 7. The summed E-state index contributed by atoms with van der Waals surface area (Å²) in [6, 6.07) is 4.85. The fourth-order valence-corrected chi connectivity index (χ4v) is 3.50. The number of nitrogens with one attached hydrogen (secondary N) is 1. The molecule has 1 aromatic carbocycles. The molecule has 0 amide bonds. The summed E-state index contributed by atoms with van der Waals surface area (Å²) >= 11 is 0. The van der Waals surface area contributed by atoms with Gasteiger partial charge in [0.2, 0.25) is 10.0 Å². The van der Waals surface area contributed by atoms with Gasteiger partial charge in [0.15, 0.2) is 0 Å². The summed E-state index contributed by atoms with van der Waals surface area (Å²) in [5.74, 6) is 0.781. The summed E-state index contributed by atoms with van der Waals surface area (Å²) < 4.78 is 33.2.